The molecule has 5 aromatic carbocycles. The molecule has 2 heterocycles. The highest BCUT2D eigenvalue weighted by Gasteiger charge is 2.11. The lowest BCUT2D eigenvalue weighted by Gasteiger charge is -2.10. The fourth-order valence-electron chi connectivity index (χ4n) is 5.78. The number of aryl methyl sites for hydroxylation is 1. The van der Waals surface area contributed by atoms with Crippen LogP contribution >= 0.6 is 11.3 Å². The van der Waals surface area contributed by atoms with Gasteiger partial charge in [-0.05, 0) is 67.0 Å². The predicted molar refractivity (Wildman–Crippen MR) is 190 cm³/mol. The van der Waals surface area contributed by atoms with Gasteiger partial charge in [-0.3, -0.25) is 0 Å². The summed E-state index contributed by atoms with van der Waals surface area (Å²) in [6.45, 7) is 8.66. The minimum absolute atomic E-state index is 0.707. The van der Waals surface area contributed by atoms with Crippen LogP contribution in [0.2, 0.25) is 0 Å². The quantitative estimate of drug-likeness (QED) is 0.178. The highest BCUT2D eigenvalue weighted by atomic mass is 32.1. The van der Waals surface area contributed by atoms with Crippen LogP contribution < -0.4 is 9.75 Å². The van der Waals surface area contributed by atoms with Crippen LogP contribution in [0.5, 0.6) is 0 Å². The molecule has 0 saturated heterocycles. The number of fused-ring (bicyclic) bond motifs is 4. The lowest BCUT2D eigenvalue weighted by Crippen LogP contribution is -2.19. The highest BCUT2D eigenvalue weighted by molar-refractivity contribution is 7.17. The summed E-state index contributed by atoms with van der Waals surface area (Å²) in [5, 5.41) is 4.59. The van der Waals surface area contributed by atoms with E-state index in [9.17, 15) is 0 Å². The first-order chi connectivity index (χ1) is 21.6. The maximum absolute atomic E-state index is 6.09. The molecule has 0 unspecified atom stereocenters. The molecule has 0 radical (unpaired) electrons. The molecule has 0 amide bonds. The molecule has 7 rings (SSSR count). The number of furan rings is 1. The lowest BCUT2D eigenvalue weighted by molar-refractivity contribution is 0.669. The summed E-state index contributed by atoms with van der Waals surface area (Å²) in [6, 6.07) is 42.0. The summed E-state index contributed by atoms with van der Waals surface area (Å²) in [7, 11) is 0. The molecule has 0 spiro atoms. The van der Waals surface area contributed by atoms with Crippen molar-refractivity contribution in [3.63, 3.8) is 0 Å². The third kappa shape index (κ3) is 5.23. The predicted octanol–water partition coefficient (Wildman–Crippen LogP) is 9.82. The standard InChI is InChI=1S/C41H31NOS/c1-4-29(31-22-23-38-35(25-31)33-18-10-12-20-37(33)43-38)26-40-36(34-19-11-13-21-39(34)44-40)24-28(3)42-41(30-15-6-5-7-16-30)32-17-9-8-14-27(32)2/h4-26H,3H2,1-2H3/b29-4+,36-24?,40-26+,42-41?. The molecule has 0 N–H and O–H groups in total. The van der Waals surface area contributed by atoms with Crippen LogP contribution in [-0.4, -0.2) is 5.71 Å². The second-order valence-corrected chi connectivity index (χ2v) is 11.9. The van der Waals surface area contributed by atoms with Crippen LogP contribution in [0.25, 0.3) is 49.7 Å². The zero-order valence-electron chi connectivity index (χ0n) is 24.7. The summed E-state index contributed by atoms with van der Waals surface area (Å²) in [6.07, 6.45) is 6.60. The van der Waals surface area contributed by atoms with Gasteiger partial charge in [-0.1, -0.05) is 110 Å². The molecule has 2 aromatic heterocycles. The van der Waals surface area contributed by atoms with Gasteiger partial charge >= 0.3 is 0 Å². The molecule has 0 aliphatic heterocycles. The lowest BCUT2D eigenvalue weighted by atomic mass is 9.98. The fourth-order valence-corrected chi connectivity index (χ4v) is 6.91. The van der Waals surface area contributed by atoms with Crippen LogP contribution in [0.1, 0.15) is 29.2 Å². The number of para-hydroxylation sites is 1. The molecule has 0 saturated carbocycles. The van der Waals surface area contributed by atoms with Gasteiger partial charge in [0.25, 0.3) is 0 Å². The number of nitrogens with zero attached hydrogens (tertiary/aromatic N) is 1. The Balaban J connectivity index is 1.38. The van der Waals surface area contributed by atoms with Crippen molar-refractivity contribution < 1.29 is 4.42 Å². The first-order valence-corrected chi connectivity index (χ1v) is 15.6. The molecule has 0 aliphatic carbocycles. The average molecular weight is 586 g/mol. The van der Waals surface area contributed by atoms with Gasteiger partial charge in [0.1, 0.15) is 11.2 Å². The smallest absolute Gasteiger partial charge is 0.135 e. The van der Waals surface area contributed by atoms with Gasteiger partial charge in [-0.25, -0.2) is 4.99 Å². The Labute approximate surface area is 261 Å². The van der Waals surface area contributed by atoms with Gasteiger partial charge in [0.15, 0.2) is 0 Å². The summed E-state index contributed by atoms with van der Waals surface area (Å²) in [5.41, 5.74) is 9.09. The van der Waals surface area contributed by atoms with Gasteiger partial charge in [-0.2, -0.15) is 0 Å². The highest BCUT2D eigenvalue weighted by Crippen LogP contribution is 2.31. The Kier molecular flexibility index (Phi) is 7.39. The average Bonchev–Trinajstić information content (AvgIpc) is 3.60. The molecule has 3 heteroatoms. The molecule has 0 bridgehead atoms. The molecular formula is C41H31NOS. The topological polar surface area (TPSA) is 25.5 Å². The molecule has 0 atom stereocenters. The van der Waals surface area contributed by atoms with Crippen molar-refractivity contribution in [1.82, 2.24) is 0 Å². The van der Waals surface area contributed by atoms with Crippen molar-refractivity contribution >= 4 is 66.8 Å². The van der Waals surface area contributed by atoms with E-state index in [-0.39, 0.29) is 0 Å². The number of thiophene rings is 1. The SMILES string of the molecule is C=C(C=c1/c(=C\C(=C/C)c2ccc3oc4ccccc4c3c2)sc2ccccc12)N=C(c1ccccc1)c1ccccc1C. The minimum atomic E-state index is 0.707. The summed E-state index contributed by atoms with van der Waals surface area (Å²) >= 11 is 1.79. The molecule has 0 aliphatic rings. The summed E-state index contributed by atoms with van der Waals surface area (Å²) in [4.78, 5) is 5.15. The number of rotatable bonds is 6. The van der Waals surface area contributed by atoms with E-state index in [2.05, 4.69) is 142 Å². The largest absolute Gasteiger partial charge is 0.456 e. The Bertz CT molecular complexity index is 2370. The second-order valence-electron chi connectivity index (χ2n) is 10.9. The Morgan fingerprint density at radius 1 is 0.705 bits per heavy atom. The van der Waals surface area contributed by atoms with E-state index in [1.165, 1.54) is 20.2 Å². The molecular weight excluding hydrogens is 555 g/mol. The molecule has 44 heavy (non-hydrogen) atoms. The van der Waals surface area contributed by atoms with Crippen molar-refractivity contribution in [2.75, 3.05) is 0 Å². The zero-order chi connectivity index (χ0) is 30.0. The fraction of sp³-hybridized carbons (Fsp3) is 0.0488. The second kappa shape index (κ2) is 11.8. The molecule has 212 valence electrons. The number of aliphatic imine (C=N–C) groups is 1. The Hall–Kier alpha value is -5.25. The van der Waals surface area contributed by atoms with Crippen LogP contribution in [0.3, 0.4) is 0 Å². The van der Waals surface area contributed by atoms with E-state index in [1.54, 1.807) is 11.3 Å². The van der Waals surface area contributed by atoms with Crippen molar-refractivity contribution in [3.05, 3.63) is 172 Å². The van der Waals surface area contributed by atoms with Crippen molar-refractivity contribution in [3.8, 4) is 0 Å². The molecule has 7 aromatic rings. The van der Waals surface area contributed by atoms with Gasteiger partial charge < -0.3 is 4.42 Å². The first kappa shape index (κ1) is 27.6. The van der Waals surface area contributed by atoms with E-state index in [0.29, 0.717) is 5.70 Å². The van der Waals surface area contributed by atoms with Crippen LogP contribution in [0, 0.1) is 6.92 Å². The van der Waals surface area contributed by atoms with E-state index < -0.39 is 0 Å². The van der Waals surface area contributed by atoms with Crippen molar-refractivity contribution in [2.24, 2.45) is 4.99 Å². The van der Waals surface area contributed by atoms with Gasteiger partial charge in [0, 0.05) is 41.7 Å². The van der Waals surface area contributed by atoms with Gasteiger partial charge in [0.2, 0.25) is 0 Å². The Morgan fingerprint density at radius 3 is 2.23 bits per heavy atom. The number of benzene rings is 5. The van der Waals surface area contributed by atoms with E-state index in [4.69, 9.17) is 9.41 Å². The maximum atomic E-state index is 6.09. The third-order valence-electron chi connectivity index (χ3n) is 7.98. The summed E-state index contributed by atoms with van der Waals surface area (Å²) in [5.74, 6) is 0. The molecule has 0 fully saturated rings. The monoisotopic (exact) mass is 585 g/mol. The third-order valence-corrected chi connectivity index (χ3v) is 9.12. The maximum Gasteiger partial charge on any atom is 0.135 e. The van der Waals surface area contributed by atoms with Crippen LogP contribution in [-0.2, 0) is 0 Å². The van der Waals surface area contributed by atoms with E-state index in [0.717, 1.165) is 55.1 Å². The normalized spacial score (nSPS) is 13.4. The minimum Gasteiger partial charge on any atom is -0.456 e. The number of hydrogen-bond acceptors (Lipinski definition) is 3. The van der Waals surface area contributed by atoms with Crippen molar-refractivity contribution in [2.45, 2.75) is 13.8 Å². The van der Waals surface area contributed by atoms with E-state index >= 15 is 0 Å². The van der Waals surface area contributed by atoms with Crippen LogP contribution in [0.15, 0.2) is 149 Å². The number of hydrogen-bond donors (Lipinski definition) is 0. The van der Waals surface area contributed by atoms with Gasteiger partial charge in [0.05, 0.1) is 11.4 Å². The number of allylic oxidation sites excluding steroid dienone is 3. The van der Waals surface area contributed by atoms with Crippen molar-refractivity contribution in [1.29, 1.82) is 0 Å². The zero-order valence-corrected chi connectivity index (χ0v) is 25.6. The first-order valence-electron chi connectivity index (χ1n) is 14.8. The molecule has 2 nitrogen and oxygen atoms in total. The van der Waals surface area contributed by atoms with E-state index in [1.807, 2.05) is 18.2 Å². The summed E-state index contributed by atoms with van der Waals surface area (Å²) < 4.78 is 8.49. The van der Waals surface area contributed by atoms with Gasteiger partial charge in [-0.15, -0.1) is 11.3 Å². The van der Waals surface area contributed by atoms with Crippen LogP contribution in [0.4, 0.5) is 0 Å². The Morgan fingerprint density at radius 2 is 1.41 bits per heavy atom.